The van der Waals surface area contributed by atoms with E-state index in [0.717, 1.165) is 5.56 Å². The van der Waals surface area contributed by atoms with Gasteiger partial charge in [-0.3, -0.25) is 10.1 Å². The Labute approximate surface area is 151 Å². The number of nitrogens with zero attached hydrogens (tertiary/aromatic N) is 3. The van der Waals surface area contributed by atoms with Gasteiger partial charge in [-0.25, -0.2) is 9.82 Å². The van der Waals surface area contributed by atoms with Crippen molar-refractivity contribution in [1.82, 2.24) is 20.6 Å². The van der Waals surface area contributed by atoms with E-state index in [4.69, 9.17) is 4.74 Å². The third-order valence-electron chi connectivity index (χ3n) is 5.74. The molecule has 5 atom stereocenters. The zero-order chi connectivity index (χ0) is 18.3. The number of halogens is 1. The van der Waals surface area contributed by atoms with E-state index in [2.05, 4.69) is 22.0 Å². The number of benzene rings is 1. The van der Waals surface area contributed by atoms with E-state index in [9.17, 15) is 9.65 Å². The van der Waals surface area contributed by atoms with Gasteiger partial charge < -0.3 is 4.74 Å². The van der Waals surface area contributed by atoms with Gasteiger partial charge in [0.15, 0.2) is 0 Å². The minimum atomic E-state index is -0.301. The van der Waals surface area contributed by atoms with E-state index in [1.807, 2.05) is 19.4 Å². The summed E-state index contributed by atoms with van der Waals surface area (Å²) < 4.78 is 21.8. The first-order chi connectivity index (χ1) is 12.6. The van der Waals surface area contributed by atoms with Crippen molar-refractivity contribution in [2.24, 2.45) is 18.9 Å². The molecular weight excluding hydrogens is 333 g/mol. The number of hydrazine groups is 1. The first-order valence-electron chi connectivity index (χ1n) is 8.84. The minimum Gasteiger partial charge on any atom is -0.496 e. The average Bonchev–Trinajstić information content (AvgIpc) is 3.25. The van der Waals surface area contributed by atoms with Crippen LogP contribution in [0.2, 0.25) is 0 Å². The van der Waals surface area contributed by atoms with Gasteiger partial charge in [-0.2, -0.15) is 10.4 Å². The minimum absolute atomic E-state index is 0.0913. The molecule has 1 saturated heterocycles. The summed E-state index contributed by atoms with van der Waals surface area (Å²) in [5.74, 6) is 0.0100. The molecule has 7 heteroatoms. The van der Waals surface area contributed by atoms with E-state index in [1.54, 1.807) is 23.9 Å². The van der Waals surface area contributed by atoms with Crippen molar-refractivity contribution < 1.29 is 9.13 Å². The molecule has 0 radical (unpaired) electrons. The van der Waals surface area contributed by atoms with Crippen LogP contribution in [0.25, 0.3) is 0 Å². The molecular formula is C19H22FN5O. The lowest BCUT2D eigenvalue weighted by Gasteiger charge is -2.37. The van der Waals surface area contributed by atoms with Crippen LogP contribution in [0.15, 0.2) is 30.6 Å². The van der Waals surface area contributed by atoms with Crippen molar-refractivity contribution in [3.05, 3.63) is 47.5 Å². The van der Waals surface area contributed by atoms with Crippen LogP contribution in [0.3, 0.4) is 0 Å². The molecule has 0 spiro atoms. The molecule has 2 aliphatic rings. The number of nitriles is 1. The van der Waals surface area contributed by atoms with Crippen molar-refractivity contribution in [2.75, 3.05) is 7.11 Å². The lowest BCUT2D eigenvalue weighted by Crippen LogP contribution is -2.38. The second kappa shape index (κ2) is 6.71. The summed E-state index contributed by atoms with van der Waals surface area (Å²) in [7, 11) is 3.44. The molecule has 1 aliphatic heterocycles. The summed E-state index contributed by atoms with van der Waals surface area (Å²) in [5, 5.41) is 14.0. The number of hydrogen-bond acceptors (Lipinski definition) is 5. The molecule has 0 amide bonds. The van der Waals surface area contributed by atoms with Gasteiger partial charge in [0.05, 0.1) is 31.3 Å². The van der Waals surface area contributed by atoms with E-state index in [-0.39, 0.29) is 35.7 Å². The van der Waals surface area contributed by atoms with Gasteiger partial charge in [-0.15, -0.1) is 0 Å². The fraction of sp³-hybridized carbons (Fsp3) is 0.474. The molecule has 1 aromatic heterocycles. The summed E-state index contributed by atoms with van der Waals surface area (Å²) >= 11 is 0. The number of ether oxygens (including phenoxy) is 1. The molecule has 2 aromatic rings. The summed E-state index contributed by atoms with van der Waals surface area (Å²) in [6.07, 6.45) is 5.24. The smallest absolute Gasteiger partial charge is 0.130 e. The number of hydrogen-bond donors (Lipinski definition) is 2. The van der Waals surface area contributed by atoms with Gasteiger partial charge in [0.2, 0.25) is 0 Å². The van der Waals surface area contributed by atoms with Crippen LogP contribution < -0.4 is 15.6 Å². The molecule has 1 saturated carbocycles. The van der Waals surface area contributed by atoms with Gasteiger partial charge in [-0.1, -0.05) is 6.07 Å². The Hall–Kier alpha value is -2.43. The number of aryl methyl sites for hydroxylation is 1. The van der Waals surface area contributed by atoms with Crippen LogP contribution in [0.4, 0.5) is 4.39 Å². The van der Waals surface area contributed by atoms with E-state index >= 15 is 0 Å². The molecule has 26 heavy (non-hydrogen) atoms. The van der Waals surface area contributed by atoms with E-state index in [1.165, 1.54) is 6.07 Å². The van der Waals surface area contributed by atoms with Gasteiger partial charge in [-0.05, 0) is 30.9 Å². The summed E-state index contributed by atoms with van der Waals surface area (Å²) in [4.78, 5) is 0. The summed E-state index contributed by atoms with van der Waals surface area (Å²) in [5.41, 5.74) is 8.31. The zero-order valence-corrected chi connectivity index (χ0v) is 14.8. The van der Waals surface area contributed by atoms with Gasteiger partial charge in [0.1, 0.15) is 11.6 Å². The normalized spacial score (nSPS) is 30.6. The third-order valence-corrected chi connectivity index (χ3v) is 5.74. The first kappa shape index (κ1) is 17.0. The maximum absolute atomic E-state index is 14.7. The van der Waals surface area contributed by atoms with Gasteiger partial charge in [0, 0.05) is 36.3 Å². The fourth-order valence-corrected chi connectivity index (χ4v) is 4.52. The Morgan fingerprint density at radius 1 is 1.35 bits per heavy atom. The van der Waals surface area contributed by atoms with Crippen molar-refractivity contribution in [2.45, 2.75) is 30.8 Å². The Morgan fingerprint density at radius 2 is 2.19 bits per heavy atom. The molecule has 0 bridgehead atoms. The van der Waals surface area contributed by atoms with Gasteiger partial charge in [0.25, 0.3) is 0 Å². The zero-order valence-electron chi connectivity index (χ0n) is 14.8. The number of methoxy groups -OCH3 is 1. The lowest BCUT2D eigenvalue weighted by atomic mass is 9.67. The maximum atomic E-state index is 14.7. The summed E-state index contributed by atoms with van der Waals surface area (Å²) in [6, 6.07) is 7.52. The second-order valence-corrected chi connectivity index (χ2v) is 7.15. The van der Waals surface area contributed by atoms with Crippen LogP contribution in [0.1, 0.15) is 35.9 Å². The highest BCUT2D eigenvalue weighted by atomic mass is 19.1. The van der Waals surface area contributed by atoms with Crippen LogP contribution >= 0.6 is 0 Å². The van der Waals surface area contributed by atoms with Crippen LogP contribution in [0, 0.1) is 29.0 Å². The fourth-order valence-electron chi connectivity index (χ4n) is 4.52. The molecule has 6 nitrogen and oxygen atoms in total. The van der Waals surface area contributed by atoms with Crippen LogP contribution in [0.5, 0.6) is 5.75 Å². The Balaban J connectivity index is 1.69. The van der Waals surface area contributed by atoms with Gasteiger partial charge >= 0.3 is 0 Å². The topological polar surface area (TPSA) is 74.9 Å². The molecule has 136 valence electrons. The lowest BCUT2D eigenvalue weighted by molar-refractivity contribution is 0.231. The number of nitrogens with one attached hydrogen (secondary N) is 2. The largest absolute Gasteiger partial charge is 0.496 e. The molecule has 2 fully saturated rings. The highest BCUT2D eigenvalue weighted by Gasteiger charge is 2.46. The standard InChI is InChI=1S/C19H22FN5O/c1-25-10-12(9-22-25)19-14-7-13(11(8-21)6-16(14)23-24-19)18-15(20)4-3-5-17(18)26-2/h3-5,9-11,13-14,16,19,23-24H,6-7H2,1-2H3. The van der Waals surface area contributed by atoms with Crippen molar-refractivity contribution in [1.29, 1.82) is 5.26 Å². The second-order valence-electron chi connectivity index (χ2n) is 7.15. The Morgan fingerprint density at radius 3 is 2.88 bits per heavy atom. The summed E-state index contributed by atoms with van der Waals surface area (Å²) in [6.45, 7) is 0. The van der Waals surface area contributed by atoms with Crippen molar-refractivity contribution >= 4 is 0 Å². The predicted octanol–water partition coefficient (Wildman–Crippen LogP) is 2.42. The third kappa shape index (κ3) is 2.75. The van der Waals surface area contributed by atoms with E-state index in [0.29, 0.717) is 24.2 Å². The molecule has 2 heterocycles. The SMILES string of the molecule is COc1cccc(F)c1C1CC2C(CC1C#N)NNC2c1cnn(C)c1. The molecule has 1 aliphatic carbocycles. The van der Waals surface area contributed by atoms with Crippen molar-refractivity contribution in [3.8, 4) is 11.8 Å². The van der Waals surface area contributed by atoms with E-state index < -0.39 is 0 Å². The number of rotatable bonds is 3. The molecule has 4 rings (SSSR count). The highest BCUT2D eigenvalue weighted by Crippen LogP contribution is 2.49. The first-order valence-corrected chi connectivity index (χ1v) is 8.84. The molecule has 5 unspecified atom stereocenters. The monoisotopic (exact) mass is 355 g/mol. The highest BCUT2D eigenvalue weighted by molar-refractivity contribution is 5.39. The number of aromatic nitrogens is 2. The quantitative estimate of drug-likeness (QED) is 0.884. The van der Waals surface area contributed by atoms with Crippen LogP contribution in [-0.2, 0) is 7.05 Å². The Kier molecular flexibility index (Phi) is 4.39. The molecule has 1 aromatic carbocycles. The maximum Gasteiger partial charge on any atom is 0.130 e. The van der Waals surface area contributed by atoms with Crippen molar-refractivity contribution in [3.63, 3.8) is 0 Å². The Bertz CT molecular complexity index is 845. The average molecular weight is 355 g/mol. The number of fused-ring (bicyclic) bond motifs is 1. The molecule has 2 N–H and O–H groups in total. The predicted molar refractivity (Wildman–Crippen MR) is 93.5 cm³/mol. The van der Waals surface area contributed by atoms with Crippen LogP contribution in [-0.4, -0.2) is 22.9 Å².